The zero-order chi connectivity index (χ0) is 14.0. The van der Waals surface area contributed by atoms with Gasteiger partial charge in [-0.15, -0.1) is 0 Å². The van der Waals surface area contributed by atoms with E-state index in [4.69, 9.17) is 17.3 Å². The first kappa shape index (κ1) is 15.1. The predicted octanol–water partition coefficient (Wildman–Crippen LogP) is 3.14. The number of halogens is 2. The van der Waals surface area contributed by atoms with Gasteiger partial charge in [-0.25, -0.2) is 0 Å². The number of carbonyl (C=O) groups is 1. The highest BCUT2D eigenvalue weighted by atomic mass is 127. The van der Waals surface area contributed by atoms with E-state index in [1.54, 1.807) is 6.07 Å². The van der Waals surface area contributed by atoms with Gasteiger partial charge in [0.05, 0.1) is 5.02 Å². The van der Waals surface area contributed by atoms with Crippen molar-refractivity contribution in [3.8, 4) is 0 Å². The molecule has 2 unspecified atom stereocenters. The molecular weight excluding hydrogens is 375 g/mol. The summed E-state index contributed by atoms with van der Waals surface area (Å²) in [4.78, 5) is 14.5. The first-order chi connectivity index (χ1) is 9.02. The van der Waals surface area contributed by atoms with Crippen LogP contribution in [-0.4, -0.2) is 29.9 Å². The molecule has 3 nitrogen and oxygen atoms in total. The molecule has 19 heavy (non-hydrogen) atoms. The minimum atomic E-state index is 0.0592. The number of benzene rings is 1. The van der Waals surface area contributed by atoms with Gasteiger partial charge in [-0.1, -0.05) is 11.6 Å². The van der Waals surface area contributed by atoms with Crippen molar-refractivity contribution in [2.45, 2.75) is 25.8 Å². The van der Waals surface area contributed by atoms with E-state index in [0.29, 0.717) is 23.0 Å². The maximum absolute atomic E-state index is 12.6. The molecule has 1 amide bonds. The lowest BCUT2D eigenvalue weighted by atomic mass is 9.93. The van der Waals surface area contributed by atoms with Crippen LogP contribution in [0.25, 0.3) is 0 Å². The summed E-state index contributed by atoms with van der Waals surface area (Å²) in [7, 11) is 0. The van der Waals surface area contributed by atoms with Crippen LogP contribution in [0.4, 0.5) is 0 Å². The number of nitrogens with two attached hydrogens (primary N) is 1. The van der Waals surface area contributed by atoms with E-state index in [9.17, 15) is 4.79 Å². The van der Waals surface area contributed by atoms with Gasteiger partial charge < -0.3 is 10.6 Å². The lowest BCUT2D eigenvalue weighted by Crippen LogP contribution is -2.47. The average Bonchev–Trinajstić information content (AvgIpc) is 2.41. The molecular formula is C14H18ClIN2O. The third-order valence-corrected chi connectivity index (χ3v) is 5.31. The first-order valence-electron chi connectivity index (χ1n) is 6.49. The second-order valence-corrected chi connectivity index (χ2v) is 6.68. The van der Waals surface area contributed by atoms with Crippen molar-refractivity contribution < 1.29 is 4.79 Å². The largest absolute Gasteiger partial charge is 0.336 e. The molecule has 5 heteroatoms. The summed E-state index contributed by atoms with van der Waals surface area (Å²) in [6, 6.07) is 5.75. The molecule has 104 valence electrons. The Bertz CT molecular complexity index is 481. The highest BCUT2D eigenvalue weighted by Gasteiger charge is 2.29. The molecule has 0 radical (unpaired) electrons. The normalized spacial score (nSPS) is 23.5. The Morgan fingerprint density at radius 3 is 2.89 bits per heavy atom. The monoisotopic (exact) mass is 392 g/mol. The summed E-state index contributed by atoms with van der Waals surface area (Å²) < 4.78 is 0.961. The van der Waals surface area contributed by atoms with Crippen LogP contribution in [0.5, 0.6) is 0 Å². The fraction of sp³-hybridized carbons (Fsp3) is 0.500. The summed E-state index contributed by atoms with van der Waals surface area (Å²) in [5.74, 6) is 0.475. The Morgan fingerprint density at radius 1 is 1.53 bits per heavy atom. The van der Waals surface area contributed by atoms with Crippen LogP contribution in [0.3, 0.4) is 0 Å². The number of nitrogens with zero attached hydrogens (tertiary/aromatic N) is 1. The molecule has 2 atom stereocenters. The molecule has 0 bridgehead atoms. The number of likely N-dealkylation sites (tertiary alicyclic amines) is 1. The number of amides is 1. The second kappa shape index (κ2) is 6.41. The second-order valence-electron chi connectivity index (χ2n) is 5.11. The quantitative estimate of drug-likeness (QED) is 0.786. The molecule has 2 N–H and O–H groups in total. The molecule has 1 saturated heterocycles. The van der Waals surface area contributed by atoms with Gasteiger partial charge in [0.2, 0.25) is 0 Å². The molecule has 1 heterocycles. The number of hydrogen-bond acceptors (Lipinski definition) is 2. The van der Waals surface area contributed by atoms with E-state index in [-0.39, 0.29) is 11.9 Å². The van der Waals surface area contributed by atoms with Gasteiger partial charge in [-0.2, -0.15) is 0 Å². The third-order valence-electron chi connectivity index (χ3n) is 3.74. The lowest BCUT2D eigenvalue weighted by molar-refractivity contribution is 0.0567. The van der Waals surface area contributed by atoms with Crippen LogP contribution in [0, 0.1) is 9.49 Å². The van der Waals surface area contributed by atoms with Crippen LogP contribution in [0.1, 0.15) is 30.1 Å². The van der Waals surface area contributed by atoms with Crippen LogP contribution >= 0.6 is 34.2 Å². The van der Waals surface area contributed by atoms with E-state index in [1.807, 2.05) is 17.0 Å². The predicted molar refractivity (Wildman–Crippen MR) is 86.4 cm³/mol. The van der Waals surface area contributed by atoms with Crippen molar-refractivity contribution >= 4 is 40.1 Å². The highest BCUT2D eigenvalue weighted by Crippen LogP contribution is 2.25. The standard InChI is InChI=1S/C14H18ClIN2O/c1-9-2-3-10(7-17)8-18(9)14(19)11-4-5-13(16)12(15)6-11/h4-6,9-10H,2-3,7-8,17H2,1H3. The SMILES string of the molecule is CC1CCC(CN)CN1C(=O)c1ccc(I)c(Cl)c1. The van der Waals surface area contributed by atoms with Crippen LogP contribution < -0.4 is 5.73 Å². The summed E-state index contributed by atoms with van der Waals surface area (Å²) in [5.41, 5.74) is 6.40. The van der Waals surface area contributed by atoms with Crippen LogP contribution in [0.15, 0.2) is 18.2 Å². The maximum Gasteiger partial charge on any atom is 0.254 e. The van der Waals surface area contributed by atoms with Gasteiger partial charge in [0.1, 0.15) is 0 Å². The molecule has 0 saturated carbocycles. The molecule has 2 rings (SSSR count). The zero-order valence-corrected chi connectivity index (χ0v) is 13.8. The number of hydrogen-bond donors (Lipinski definition) is 1. The van der Waals surface area contributed by atoms with Gasteiger partial charge >= 0.3 is 0 Å². The fourth-order valence-corrected chi connectivity index (χ4v) is 2.97. The molecule has 1 aromatic rings. The van der Waals surface area contributed by atoms with Crippen LogP contribution in [-0.2, 0) is 0 Å². The van der Waals surface area contributed by atoms with Crippen molar-refractivity contribution in [3.05, 3.63) is 32.4 Å². The summed E-state index contributed by atoms with van der Waals surface area (Å²) in [6.45, 7) is 3.49. The van der Waals surface area contributed by atoms with Gasteiger partial charge in [0.25, 0.3) is 5.91 Å². The molecule has 1 fully saturated rings. The topological polar surface area (TPSA) is 46.3 Å². The van der Waals surface area contributed by atoms with Gasteiger partial charge in [-0.3, -0.25) is 4.79 Å². The average molecular weight is 393 g/mol. The maximum atomic E-state index is 12.6. The molecule has 0 aliphatic carbocycles. The van der Waals surface area contributed by atoms with E-state index in [1.165, 1.54) is 0 Å². The smallest absolute Gasteiger partial charge is 0.254 e. The Hall–Kier alpha value is -0.330. The van der Waals surface area contributed by atoms with Crippen molar-refractivity contribution in [2.75, 3.05) is 13.1 Å². The number of piperidine rings is 1. The Labute approximate surface area is 132 Å². The minimum Gasteiger partial charge on any atom is -0.336 e. The molecule has 1 aliphatic heterocycles. The molecule has 1 aromatic carbocycles. The Morgan fingerprint density at radius 2 is 2.26 bits per heavy atom. The Balaban J connectivity index is 2.19. The minimum absolute atomic E-state index is 0.0592. The Kier molecular flexibility index (Phi) is 5.09. The number of carbonyl (C=O) groups excluding carboxylic acids is 1. The highest BCUT2D eigenvalue weighted by molar-refractivity contribution is 14.1. The van der Waals surface area contributed by atoms with E-state index in [2.05, 4.69) is 29.5 Å². The molecule has 1 aliphatic rings. The first-order valence-corrected chi connectivity index (χ1v) is 7.94. The fourth-order valence-electron chi connectivity index (χ4n) is 2.45. The summed E-state index contributed by atoms with van der Waals surface area (Å²) in [5, 5.41) is 0.631. The van der Waals surface area contributed by atoms with Gasteiger partial charge in [-0.05, 0) is 73.0 Å². The van der Waals surface area contributed by atoms with Crippen molar-refractivity contribution in [2.24, 2.45) is 11.7 Å². The third kappa shape index (κ3) is 3.41. The van der Waals surface area contributed by atoms with E-state index < -0.39 is 0 Å². The lowest BCUT2D eigenvalue weighted by Gasteiger charge is -2.37. The van der Waals surface area contributed by atoms with Crippen molar-refractivity contribution in [1.29, 1.82) is 0 Å². The molecule has 0 spiro atoms. The van der Waals surface area contributed by atoms with Gasteiger partial charge in [0.15, 0.2) is 0 Å². The van der Waals surface area contributed by atoms with Crippen LogP contribution in [0.2, 0.25) is 5.02 Å². The molecule has 0 aromatic heterocycles. The number of rotatable bonds is 2. The van der Waals surface area contributed by atoms with Gasteiger partial charge in [0, 0.05) is 21.7 Å². The van der Waals surface area contributed by atoms with E-state index in [0.717, 1.165) is 23.0 Å². The summed E-state index contributed by atoms with van der Waals surface area (Å²) in [6.07, 6.45) is 2.13. The van der Waals surface area contributed by atoms with Crippen molar-refractivity contribution in [1.82, 2.24) is 4.90 Å². The van der Waals surface area contributed by atoms with E-state index >= 15 is 0 Å². The summed E-state index contributed by atoms with van der Waals surface area (Å²) >= 11 is 8.25. The zero-order valence-electron chi connectivity index (χ0n) is 10.9. The van der Waals surface area contributed by atoms with Crippen molar-refractivity contribution in [3.63, 3.8) is 0 Å².